The van der Waals surface area contributed by atoms with Crippen LogP contribution in [0, 0.1) is 0 Å². The Hall–Kier alpha value is -8.22. The molecule has 2 unspecified atom stereocenters. The van der Waals surface area contributed by atoms with Crippen LogP contribution < -0.4 is 11.1 Å². The molecule has 3 N–H and O–H groups in total. The van der Waals surface area contributed by atoms with Gasteiger partial charge in [-0.05, 0) is 108 Å². The molecule has 0 aliphatic heterocycles. The van der Waals surface area contributed by atoms with Gasteiger partial charge in [0.05, 0.1) is 17.2 Å². The Morgan fingerprint density at radius 2 is 0.969 bits per heavy atom. The molecular weight excluding hydrogens is 791 g/mol. The van der Waals surface area contributed by atoms with Crippen LogP contribution in [0.3, 0.4) is 0 Å². The monoisotopic (exact) mass is 835 g/mol. The lowest BCUT2D eigenvalue weighted by atomic mass is 9.91. The van der Waals surface area contributed by atoms with Crippen LogP contribution in [0.2, 0.25) is 0 Å². The van der Waals surface area contributed by atoms with E-state index in [0.29, 0.717) is 0 Å². The third-order valence-corrected chi connectivity index (χ3v) is 12.3. The average molecular weight is 836 g/mol. The largest absolute Gasteiger partial charge is 0.312 e. The quantitative estimate of drug-likeness (QED) is 0.101. The van der Waals surface area contributed by atoms with Gasteiger partial charge in [-0.2, -0.15) is 0 Å². The third-order valence-electron chi connectivity index (χ3n) is 12.3. The predicted octanol–water partition coefficient (Wildman–Crippen LogP) is 14.4. The van der Waals surface area contributed by atoms with E-state index in [0.717, 1.165) is 50.4 Å². The van der Waals surface area contributed by atoms with Crippen molar-refractivity contribution in [1.82, 2.24) is 14.9 Å². The number of fused-ring (bicyclic) bond motifs is 3. The second kappa shape index (κ2) is 17.5. The van der Waals surface area contributed by atoms with Crippen LogP contribution in [0.1, 0.15) is 29.0 Å². The van der Waals surface area contributed by atoms with Gasteiger partial charge < -0.3 is 5.73 Å². The van der Waals surface area contributed by atoms with Gasteiger partial charge in [0.25, 0.3) is 0 Å². The first kappa shape index (κ1) is 39.6. The highest BCUT2D eigenvalue weighted by Gasteiger charge is 2.17. The van der Waals surface area contributed by atoms with Crippen LogP contribution in [-0.4, -0.2) is 15.8 Å². The SMILES string of the molecule is NC(NC(N=Cc1ccc(-c2ccc3c(-c4cccc5cc(-c6ccc(-c7nc8ccccc8n7-c7ccccc7)cc6)ccc45)cccc3c2)cc1)c1ccccc1)c1ccccc1. The van der Waals surface area contributed by atoms with Crippen molar-refractivity contribution < 1.29 is 0 Å². The minimum absolute atomic E-state index is 0.299. The molecule has 0 bridgehead atoms. The zero-order valence-electron chi connectivity index (χ0n) is 35.7. The highest BCUT2D eigenvalue weighted by Crippen LogP contribution is 2.38. The molecule has 11 rings (SSSR count). The zero-order valence-corrected chi connectivity index (χ0v) is 35.7. The molecular formula is C60H45N5. The number of hydrogen-bond donors (Lipinski definition) is 2. The molecule has 0 aliphatic rings. The van der Waals surface area contributed by atoms with E-state index >= 15 is 0 Å². The Morgan fingerprint density at radius 3 is 1.58 bits per heavy atom. The minimum Gasteiger partial charge on any atom is -0.312 e. The van der Waals surface area contributed by atoms with Gasteiger partial charge in [-0.3, -0.25) is 14.9 Å². The lowest BCUT2D eigenvalue weighted by Gasteiger charge is -2.21. The number of hydrogen-bond acceptors (Lipinski definition) is 4. The molecule has 2 atom stereocenters. The van der Waals surface area contributed by atoms with Gasteiger partial charge in [-0.25, -0.2) is 4.98 Å². The lowest BCUT2D eigenvalue weighted by molar-refractivity contribution is 0.467. The third kappa shape index (κ3) is 8.03. The summed E-state index contributed by atoms with van der Waals surface area (Å²) in [7, 11) is 0. The van der Waals surface area contributed by atoms with Crippen molar-refractivity contribution in [3.05, 3.63) is 253 Å². The van der Waals surface area contributed by atoms with E-state index in [1.807, 2.05) is 66.9 Å². The average Bonchev–Trinajstić information content (AvgIpc) is 3.78. The zero-order chi connectivity index (χ0) is 43.5. The Morgan fingerprint density at radius 1 is 0.462 bits per heavy atom. The van der Waals surface area contributed by atoms with Crippen molar-refractivity contribution in [2.75, 3.05) is 0 Å². The first-order chi connectivity index (χ1) is 32.1. The normalized spacial score (nSPS) is 12.6. The lowest BCUT2D eigenvalue weighted by Crippen LogP contribution is -2.31. The van der Waals surface area contributed by atoms with E-state index < -0.39 is 0 Å². The fourth-order valence-electron chi connectivity index (χ4n) is 8.98. The molecule has 10 aromatic carbocycles. The molecule has 65 heavy (non-hydrogen) atoms. The second-order valence-electron chi connectivity index (χ2n) is 16.4. The number of para-hydroxylation sites is 3. The summed E-state index contributed by atoms with van der Waals surface area (Å²) in [4.78, 5) is 10.0. The van der Waals surface area contributed by atoms with Gasteiger partial charge in [0.15, 0.2) is 0 Å². The molecule has 5 nitrogen and oxygen atoms in total. The van der Waals surface area contributed by atoms with E-state index in [-0.39, 0.29) is 12.3 Å². The molecule has 1 heterocycles. The summed E-state index contributed by atoms with van der Waals surface area (Å²) < 4.78 is 2.25. The molecule has 1 aromatic heterocycles. The number of aliphatic imine (C=N–C) groups is 1. The van der Waals surface area contributed by atoms with E-state index in [1.165, 1.54) is 49.4 Å². The van der Waals surface area contributed by atoms with Crippen molar-refractivity contribution in [1.29, 1.82) is 0 Å². The maximum atomic E-state index is 6.57. The van der Waals surface area contributed by atoms with Crippen molar-refractivity contribution in [3.63, 3.8) is 0 Å². The number of imidazole rings is 1. The standard InChI is InChI=1S/C60H45N5/c61-58(44-14-4-1-5-15-44)64-59(45-16-6-2-7-17-45)62-40-41-26-28-42(29-27-41)47-34-36-52-49(38-47)18-12-22-54(52)55-23-13-19-50-39-48(35-37-53(50)55)43-30-32-46(33-31-43)60-63-56-24-10-11-25-57(56)65(60)51-20-8-3-9-21-51/h1-40,58-59,64H,61H2. The first-order valence-corrected chi connectivity index (χ1v) is 22.1. The number of nitrogens with two attached hydrogens (primary N) is 1. The van der Waals surface area contributed by atoms with Gasteiger partial charge in [0.2, 0.25) is 0 Å². The molecule has 0 radical (unpaired) electrons. The van der Waals surface area contributed by atoms with E-state index in [2.05, 4.69) is 186 Å². The molecule has 0 fully saturated rings. The summed E-state index contributed by atoms with van der Waals surface area (Å²) in [5.74, 6) is 0.931. The van der Waals surface area contributed by atoms with Crippen LogP contribution in [0.5, 0.6) is 0 Å². The van der Waals surface area contributed by atoms with Crippen LogP contribution in [0.25, 0.3) is 83.0 Å². The Kier molecular flexibility index (Phi) is 10.7. The fourth-order valence-corrected chi connectivity index (χ4v) is 8.98. The number of nitrogens with zero attached hydrogens (tertiary/aromatic N) is 3. The topological polar surface area (TPSA) is 68.2 Å². The van der Waals surface area contributed by atoms with Crippen LogP contribution >= 0.6 is 0 Å². The Labute approximate surface area is 378 Å². The molecule has 310 valence electrons. The number of aromatic nitrogens is 2. The second-order valence-corrected chi connectivity index (χ2v) is 16.4. The molecule has 0 amide bonds. The summed E-state index contributed by atoms with van der Waals surface area (Å²) in [6, 6.07) is 83.3. The summed E-state index contributed by atoms with van der Waals surface area (Å²) >= 11 is 0. The molecule has 5 heteroatoms. The smallest absolute Gasteiger partial charge is 0.145 e. The molecule has 0 saturated heterocycles. The highest BCUT2D eigenvalue weighted by atomic mass is 15.1. The molecule has 0 aliphatic carbocycles. The van der Waals surface area contributed by atoms with E-state index in [1.54, 1.807) is 0 Å². The number of nitrogens with one attached hydrogen (secondary N) is 1. The minimum atomic E-state index is -0.358. The van der Waals surface area contributed by atoms with E-state index in [9.17, 15) is 0 Å². The maximum Gasteiger partial charge on any atom is 0.145 e. The molecule has 11 aromatic rings. The van der Waals surface area contributed by atoms with E-state index in [4.69, 9.17) is 15.7 Å². The highest BCUT2D eigenvalue weighted by molar-refractivity contribution is 6.07. The van der Waals surface area contributed by atoms with Crippen molar-refractivity contribution >= 4 is 38.8 Å². The molecule has 0 saturated carbocycles. The number of rotatable bonds is 11. The Bertz CT molecular complexity index is 3450. The predicted molar refractivity (Wildman–Crippen MR) is 271 cm³/mol. The van der Waals surface area contributed by atoms with Gasteiger partial charge >= 0.3 is 0 Å². The summed E-state index contributed by atoms with van der Waals surface area (Å²) in [5.41, 5.74) is 21.0. The van der Waals surface area contributed by atoms with Crippen LogP contribution in [-0.2, 0) is 0 Å². The van der Waals surface area contributed by atoms with Crippen LogP contribution in [0.15, 0.2) is 242 Å². The van der Waals surface area contributed by atoms with Crippen molar-refractivity contribution in [2.24, 2.45) is 10.7 Å². The van der Waals surface area contributed by atoms with Gasteiger partial charge in [-0.1, -0.05) is 200 Å². The van der Waals surface area contributed by atoms with Gasteiger partial charge in [0, 0.05) is 17.5 Å². The van der Waals surface area contributed by atoms with Crippen molar-refractivity contribution in [2.45, 2.75) is 12.3 Å². The van der Waals surface area contributed by atoms with Crippen LogP contribution in [0.4, 0.5) is 0 Å². The number of benzene rings is 10. The molecule has 0 spiro atoms. The fraction of sp³-hybridized carbons (Fsp3) is 0.0333. The van der Waals surface area contributed by atoms with Gasteiger partial charge in [-0.15, -0.1) is 0 Å². The summed E-state index contributed by atoms with van der Waals surface area (Å²) in [6.45, 7) is 0. The summed E-state index contributed by atoms with van der Waals surface area (Å²) in [5, 5.41) is 8.36. The maximum absolute atomic E-state index is 6.57. The summed E-state index contributed by atoms with van der Waals surface area (Å²) in [6.07, 6.45) is 1.27. The Balaban J connectivity index is 0.841. The first-order valence-electron chi connectivity index (χ1n) is 22.1. The van der Waals surface area contributed by atoms with Gasteiger partial charge in [0.1, 0.15) is 12.0 Å². The van der Waals surface area contributed by atoms with Crippen molar-refractivity contribution in [3.8, 4) is 50.5 Å².